The van der Waals surface area contributed by atoms with Crippen LogP contribution in [0.2, 0.25) is 0 Å². The lowest BCUT2D eigenvalue weighted by Gasteiger charge is -2.14. The molecule has 0 radical (unpaired) electrons. The van der Waals surface area contributed by atoms with Crippen LogP contribution in [0.25, 0.3) is 0 Å². The van der Waals surface area contributed by atoms with E-state index in [0.717, 1.165) is 0 Å². The Morgan fingerprint density at radius 2 is 2.13 bits per heavy atom. The summed E-state index contributed by atoms with van der Waals surface area (Å²) in [5, 5.41) is 3.55. The van der Waals surface area contributed by atoms with Gasteiger partial charge in [-0.15, -0.1) is 0 Å². The van der Waals surface area contributed by atoms with Crippen molar-refractivity contribution in [2.45, 2.75) is 39.2 Å². The lowest BCUT2D eigenvalue weighted by Crippen LogP contribution is -2.24. The van der Waals surface area contributed by atoms with Gasteiger partial charge in [0.1, 0.15) is 0 Å². The summed E-state index contributed by atoms with van der Waals surface area (Å²) in [4.78, 5) is 0. The third-order valence-corrected chi connectivity index (χ3v) is 4.32. The third-order valence-electron chi connectivity index (χ3n) is 3.46. The van der Waals surface area contributed by atoms with Crippen LogP contribution in [-0.2, 0) is 6.42 Å². The molecule has 1 saturated heterocycles. The number of rotatable bonds is 2. The quantitative estimate of drug-likeness (QED) is 0.867. The fourth-order valence-corrected chi connectivity index (χ4v) is 2.69. The van der Waals surface area contributed by atoms with Crippen LogP contribution in [0, 0.1) is 13.8 Å². The summed E-state index contributed by atoms with van der Waals surface area (Å²) in [6.07, 6.45) is 3.84. The number of benzene rings is 1. The molecule has 0 bridgehead atoms. The van der Waals surface area contributed by atoms with Gasteiger partial charge in [0.05, 0.1) is 0 Å². The normalized spacial score (nSPS) is 20.9. The van der Waals surface area contributed by atoms with E-state index in [4.69, 9.17) is 0 Å². The summed E-state index contributed by atoms with van der Waals surface area (Å²) in [6, 6.07) is 5.13. The summed E-state index contributed by atoms with van der Waals surface area (Å²) in [5.74, 6) is 0. The highest BCUT2D eigenvalue weighted by Gasteiger charge is 2.16. The monoisotopic (exact) mass is 267 g/mol. The Balaban J connectivity index is 2.17. The number of hydrogen-bond acceptors (Lipinski definition) is 1. The Morgan fingerprint density at radius 3 is 2.80 bits per heavy atom. The van der Waals surface area contributed by atoms with Crippen LogP contribution in [0.15, 0.2) is 16.6 Å². The molecule has 82 valence electrons. The predicted molar refractivity (Wildman–Crippen MR) is 68.3 cm³/mol. The standard InChI is InChI=1S/C13H18BrN/c1-9-10(2)13(14)6-5-11(9)8-12-4-3-7-15-12/h5-6,12,15H,3-4,7-8H2,1-2H3. The number of nitrogens with one attached hydrogen (secondary N) is 1. The highest BCUT2D eigenvalue weighted by atomic mass is 79.9. The second kappa shape index (κ2) is 4.67. The largest absolute Gasteiger partial charge is 0.314 e. The molecule has 0 spiro atoms. The second-order valence-corrected chi connectivity index (χ2v) is 5.31. The molecule has 1 N–H and O–H groups in total. The number of halogens is 1. The van der Waals surface area contributed by atoms with Crippen molar-refractivity contribution < 1.29 is 0 Å². The fourth-order valence-electron chi connectivity index (χ4n) is 2.26. The van der Waals surface area contributed by atoms with Gasteiger partial charge in [-0.05, 0) is 62.4 Å². The maximum atomic E-state index is 3.58. The van der Waals surface area contributed by atoms with E-state index in [-0.39, 0.29) is 0 Å². The third kappa shape index (κ3) is 2.43. The lowest BCUT2D eigenvalue weighted by molar-refractivity contribution is 0.601. The molecule has 2 heteroatoms. The summed E-state index contributed by atoms with van der Waals surface area (Å²) >= 11 is 3.58. The first kappa shape index (κ1) is 11.2. The van der Waals surface area contributed by atoms with Gasteiger partial charge in [0.25, 0.3) is 0 Å². The summed E-state index contributed by atoms with van der Waals surface area (Å²) in [5.41, 5.74) is 4.32. The molecule has 1 atom stereocenters. The Morgan fingerprint density at radius 1 is 1.33 bits per heavy atom. The van der Waals surface area contributed by atoms with Gasteiger partial charge in [-0.3, -0.25) is 0 Å². The van der Waals surface area contributed by atoms with E-state index < -0.39 is 0 Å². The van der Waals surface area contributed by atoms with E-state index in [1.54, 1.807) is 0 Å². The van der Waals surface area contributed by atoms with Gasteiger partial charge in [-0.1, -0.05) is 22.0 Å². The molecule has 0 saturated carbocycles. The molecule has 1 fully saturated rings. The Kier molecular flexibility index (Phi) is 3.47. The van der Waals surface area contributed by atoms with Gasteiger partial charge in [0.15, 0.2) is 0 Å². The zero-order valence-electron chi connectivity index (χ0n) is 9.44. The molecule has 0 amide bonds. The topological polar surface area (TPSA) is 12.0 Å². The summed E-state index contributed by atoms with van der Waals surface area (Å²) < 4.78 is 1.23. The van der Waals surface area contributed by atoms with E-state index in [1.165, 1.54) is 47.0 Å². The highest BCUT2D eigenvalue weighted by Crippen LogP contribution is 2.24. The molecule has 1 nitrogen and oxygen atoms in total. The van der Waals surface area contributed by atoms with E-state index in [1.807, 2.05) is 0 Å². The van der Waals surface area contributed by atoms with E-state index in [2.05, 4.69) is 47.2 Å². The molecular formula is C13H18BrN. The SMILES string of the molecule is Cc1c(Br)ccc(CC2CCCN2)c1C. The molecule has 1 aromatic carbocycles. The molecule has 1 aliphatic heterocycles. The Hall–Kier alpha value is -0.340. The van der Waals surface area contributed by atoms with Crippen molar-refractivity contribution in [3.63, 3.8) is 0 Å². The molecule has 2 rings (SSSR count). The number of hydrogen-bond donors (Lipinski definition) is 1. The van der Waals surface area contributed by atoms with Crippen molar-refractivity contribution in [3.8, 4) is 0 Å². The molecule has 15 heavy (non-hydrogen) atoms. The molecule has 1 aliphatic rings. The van der Waals surface area contributed by atoms with Crippen molar-refractivity contribution >= 4 is 15.9 Å². The first-order valence-electron chi connectivity index (χ1n) is 5.66. The van der Waals surface area contributed by atoms with Crippen LogP contribution < -0.4 is 5.32 Å². The van der Waals surface area contributed by atoms with Gasteiger partial charge in [-0.2, -0.15) is 0 Å². The molecule has 1 heterocycles. The average molecular weight is 268 g/mol. The molecular weight excluding hydrogens is 250 g/mol. The fraction of sp³-hybridized carbons (Fsp3) is 0.538. The molecule has 0 aliphatic carbocycles. The van der Waals surface area contributed by atoms with Crippen LogP contribution in [0.5, 0.6) is 0 Å². The maximum absolute atomic E-state index is 3.58. The Bertz CT molecular complexity index is 354. The molecule has 1 aromatic rings. The smallest absolute Gasteiger partial charge is 0.0207 e. The van der Waals surface area contributed by atoms with Gasteiger partial charge in [-0.25, -0.2) is 0 Å². The van der Waals surface area contributed by atoms with Gasteiger partial charge in [0.2, 0.25) is 0 Å². The van der Waals surface area contributed by atoms with Gasteiger partial charge < -0.3 is 5.32 Å². The predicted octanol–water partition coefficient (Wildman–Crippen LogP) is 3.36. The van der Waals surface area contributed by atoms with Crippen LogP contribution in [0.4, 0.5) is 0 Å². The molecule has 0 aromatic heterocycles. The zero-order chi connectivity index (χ0) is 10.8. The van der Waals surface area contributed by atoms with E-state index in [0.29, 0.717) is 6.04 Å². The minimum atomic E-state index is 0.698. The van der Waals surface area contributed by atoms with E-state index in [9.17, 15) is 0 Å². The summed E-state index contributed by atoms with van der Waals surface area (Å²) in [6.45, 7) is 5.61. The van der Waals surface area contributed by atoms with Crippen molar-refractivity contribution in [2.24, 2.45) is 0 Å². The molecule has 1 unspecified atom stereocenters. The second-order valence-electron chi connectivity index (χ2n) is 4.45. The van der Waals surface area contributed by atoms with E-state index >= 15 is 0 Å². The van der Waals surface area contributed by atoms with Crippen LogP contribution in [0.1, 0.15) is 29.5 Å². The summed E-state index contributed by atoms with van der Waals surface area (Å²) in [7, 11) is 0. The minimum absolute atomic E-state index is 0.698. The van der Waals surface area contributed by atoms with Crippen LogP contribution in [0.3, 0.4) is 0 Å². The van der Waals surface area contributed by atoms with Crippen LogP contribution >= 0.6 is 15.9 Å². The zero-order valence-corrected chi connectivity index (χ0v) is 11.0. The maximum Gasteiger partial charge on any atom is 0.0207 e. The van der Waals surface area contributed by atoms with Gasteiger partial charge in [0, 0.05) is 10.5 Å². The Labute approximate surface area is 100 Å². The van der Waals surface area contributed by atoms with Gasteiger partial charge >= 0.3 is 0 Å². The average Bonchev–Trinajstić information content (AvgIpc) is 2.72. The highest BCUT2D eigenvalue weighted by molar-refractivity contribution is 9.10. The first-order chi connectivity index (χ1) is 7.18. The van der Waals surface area contributed by atoms with Crippen molar-refractivity contribution in [2.75, 3.05) is 6.54 Å². The van der Waals surface area contributed by atoms with Crippen molar-refractivity contribution in [1.29, 1.82) is 0 Å². The lowest BCUT2D eigenvalue weighted by atomic mass is 9.97. The van der Waals surface area contributed by atoms with Crippen molar-refractivity contribution in [3.05, 3.63) is 33.3 Å². The van der Waals surface area contributed by atoms with Crippen LogP contribution in [-0.4, -0.2) is 12.6 Å². The van der Waals surface area contributed by atoms with Crippen molar-refractivity contribution in [1.82, 2.24) is 5.32 Å². The minimum Gasteiger partial charge on any atom is -0.314 e. The first-order valence-corrected chi connectivity index (χ1v) is 6.45.